The number of carbonyl (C=O) groups excluding carboxylic acids is 1. The number of hydrogen-bond donors (Lipinski definition) is 1. The van der Waals surface area contributed by atoms with Crippen LogP contribution in [-0.2, 0) is 16.1 Å². The number of carbonyl (C=O) groups is 1. The second kappa shape index (κ2) is 6.10. The van der Waals surface area contributed by atoms with Crippen molar-refractivity contribution >= 4 is 16.8 Å². The molecule has 1 amide bonds. The average molecular weight is 286 g/mol. The molecule has 0 aliphatic carbocycles. The SMILES string of the molecule is O=C(Cn1ccc(=O)c2ccccc21)NC[C@@H]1CCCO1. The lowest BCUT2D eigenvalue weighted by Crippen LogP contribution is -2.34. The fourth-order valence-corrected chi connectivity index (χ4v) is 2.64. The monoisotopic (exact) mass is 286 g/mol. The predicted molar refractivity (Wildman–Crippen MR) is 80.2 cm³/mol. The number of aromatic nitrogens is 1. The zero-order valence-corrected chi connectivity index (χ0v) is 11.7. The molecule has 1 N–H and O–H groups in total. The summed E-state index contributed by atoms with van der Waals surface area (Å²) in [7, 11) is 0. The molecule has 110 valence electrons. The molecule has 21 heavy (non-hydrogen) atoms. The number of nitrogens with zero attached hydrogens (tertiary/aromatic N) is 1. The molecule has 0 saturated carbocycles. The van der Waals surface area contributed by atoms with E-state index < -0.39 is 0 Å². The Hall–Kier alpha value is -2.14. The summed E-state index contributed by atoms with van der Waals surface area (Å²) in [5.41, 5.74) is 0.749. The van der Waals surface area contributed by atoms with Crippen LogP contribution in [0.4, 0.5) is 0 Å². The van der Waals surface area contributed by atoms with Crippen molar-refractivity contribution in [1.29, 1.82) is 0 Å². The van der Waals surface area contributed by atoms with E-state index in [1.165, 1.54) is 6.07 Å². The van der Waals surface area contributed by atoms with Crippen molar-refractivity contribution in [3.8, 4) is 0 Å². The molecule has 5 heteroatoms. The molecule has 1 aliphatic heterocycles. The molecule has 2 heterocycles. The van der Waals surface area contributed by atoms with E-state index in [1.54, 1.807) is 16.8 Å². The zero-order chi connectivity index (χ0) is 14.7. The van der Waals surface area contributed by atoms with E-state index in [0.29, 0.717) is 11.9 Å². The maximum absolute atomic E-state index is 12.0. The molecule has 1 aliphatic rings. The van der Waals surface area contributed by atoms with E-state index in [9.17, 15) is 9.59 Å². The van der Waals surface area contributed by atoms with Crippen molar-refractivity contribution in [1.82, 2.24) is 9.88 Å². The molecule has 0 spiro atoms. The number of pyridine rings is 1. The number of hydrogen-bond acceptors (Lipinski definition) is 3. The normalized spacial score (nSPS) is 18.0. The van der Waals surface area contributed by atoms with Gasteiger partial charge in [-0.05, 0) is 25.0 Å². The van der Waals surface area contributed by atoms with Crippen molar-refractivity contribution < 1.29 is 9.53 Å². The standard InChI is InChI=1S/C16H18N2O3/c19-15-7-8-18(14-6-2-1-5-13(14)15)11-16(20)17-10-12-4-3-9-21-12/h1-2,5-8,12H,3-4,9-11H2,(H,17,20)/t12-/m0/s1. The Morgan fingerprint density at radius 2 is 2.19 bits per heavy atom. The zero-order valence-electron chi connectivity index (χ0n) is 11.7. The van der Waals surface area contributed by atoms with E-state index in [0.717, 1.165) is 25.0 Å². The molecular weight excluding hydrogens is 268 g/mol. The highest BCUT2D eigenvalue weighted by Crippen LogP contribution is 2.11. The molecule has 2 aromatic rings. The van der Waals surface area contributed by atoms with E-state index in [2.05, 4.69) is 5.32 Å². The summed E-state index contributed by atoms with van der Waals surface area (Å²) >= 11 is 0. The number of fused-ring (bicyclic) bond motifs is 1. The third kappa shape index (κ3) is 3.13. The van der Waals surface area contributed by atoms with Crippen LogP contribution in [0.25, 0.3) is 10.9 Å². The summed E-state index contributed by atoms with van der Waals surface area (Å²) in [5.74, 6) is -0.0701. The van der Waals surface area contributed by atoms with E-state index in [4.69, 9.17) is 4.74 Å². The first-order valence-electron chi connectivity index (χ1n) is 7.20. The lowest BCUT2D eigenvalue weighted by Gasteiger charge is -2.13. The van der Waals surface area contributed by atoms with Gasteiger partial charge in [-0.1, -0.05) is 12.1 Å². The quantitative estimate of drug-likeness (QED) is 0.921. The Kier molecular flexibility index (Phi) is 4.01. The lowest BCUT2D eigenvalue weighted by atomic mass is 10.2. The van der Waals surface area contributed by atoms with E-state index in [-0.39, 0.29) is 24.0 Å². The van der Waals surface area contributed by atoms with Gasteiger partial charge in [0.15, 0.2) is 5.43 Å². The van der Waals surface area contributed by atoms with Crippen molar-refractivity contribution in [3.63, 3.8) is 0 Å². The summed E-state index contributed by atoms with van der Waals surface area (Å²) in [5, 5.41) is 3.52. The fraction of sp³-hybridized carbons (Fsp3) is 0.375. The van der Waals surface area contributed by atoms with Crippen LogP contribution >= 0.6 is 0 Å². The number of benzene rings is 1. The van der Waals surface area contributed by atoms with Crippen LogP contribution in [0.2, 0.25) is 0 Å². The number of ether oxygens (including phenoxy) is 1. The highest BCUT2D eigenvalue weighted by molar-refractivity contribution is 5.82. The summed E-state index contributed by atoms with van der Waals surface area (Å²) in [6.07, 6.45) is 3.86. The highest BCUT2D eigenvalue weighted by Gasteiger charge is 2.16. The smallest absolute Gasteiger partial charge is 0.240 e. The third-order valence-corrected chi connectivity index (χ3v) is 3.75. The molecule has 1 aromatic heterocycles. The minimum Gasteiger partial charge on any atom is -0.376 e. The Bertz CT molecular complexity index is 702. The van der Waals surface area contributed by atoms with Gasteiger partial charge in [-0.2, -0.15) is 0 Å². The van der Waals surface area contributed by atoms with Gasteiger partial charge >= 0.3 is 0 Å². The summed E-state index contributed by atoms with van der Waals surface area (Å²) in [6.45, 7) is 1.54. The van der Waals surface area contributed by atoms with Crippen LogP contribution in [0.1, 0.15) is 12.8 Å². The molecule has 1 fully saturated rings. The van der Waals surface area contributed by atoms with Crippen molar-refractivity contribution in [2.24, 2.45) is 0 Å². The summed E-state index contributed by atoms with van der Waals surface area (Å²) in [6, 6.07) is 8.81. The van der Waals surface area contributed by atoms with Crippen LogP contribution in [0.3, 0.4) is 0 Å². The third-order valence-electron chi connectivity index (χ3n) is 3.75. The first-order valence-corrected chi connectivity index (χ1v) is 7.20. The Balaban J connectivity index is 1.71. The van der Waals surface area contributed by atoms with Gasteiger partial charge in [-0.15, -0.1) is 0 Å². The van der Waals surface area contributed by atoms with Crippen molar-refractivity contribution in [2.45, 2.75) is 25.5 Å². The molecule has 3 rings (SSSR count). The van der Waals surface area contributed by atoms with Crippen molar-refractivity contribution in [2.75, 3.05) is 13.2 Å². The van der Waals surface area contributed by atoms with Gasteiger partial charge in [0, 0.05) is 30.8 Å². The van der Waals surface area contributed by atoms with Crippen LogP contribution < -0.4 is 10.7 Å². The van der Waals surface area contributed by atoms with Crippen LogP contribution in [0, 0.1) is 0 Å². The molecule has 1 atom stereocenters. The Labute approximate surface area is 122 Å². The second-order valence-corrected chi connectivity index (χ2v) is 5.26. The number of nitrogens with one attached hydrogen (secondary N) is 1. The first kappa shape index (κ1) is 13.8. The van der Waals surface area contributed by atoms with Crippen molar-refractivity contribution in [3.05, 3.63) is 46.8 Å². The van der Waals surface area contributed by atoms with Crippen LogP contribution in [-0.4, -0.2) is 29.7 Å². The topological polar surface area (TPSA) is 60.3 Å². The Morgan fingerprint density at radius 3 is 3.00 bits per heavy atom. The lowest BCUT2D eigenvalue weighted by molar-refractivity contribution is -0.122. The van der Waals surface area contributed by atoms with E-state index >= 15 is 0 Å². The molecular formula is C16H18N2O3. The van der Waals surface area contributed by atoms with Gasteiger partial charge in [0.25, 0.3) is 0 Å². The molecule has 0 bridgehead atoms. The van der Waals surface area contributed by atoms with Gasteiger partial charge in [-0.3, -0.25) is 9.59 Å². The molecule has 0 unspecified atom stereocenters. The molecule has 1 saturated heterocycles. The van der Waals surface area contributed by atoms with Gasteiger partial charge in [0.2, 0.25) is 5.91 Å². The maximum atomic E-state index is 12.0. The molecule has 0 radical (unpaired) electrons. The highest BCUT2D eigenvalue weighted by atomic mass is 16.5. The Morgan fingerprint density at radius 1 is 1.33 bits per heavy atom. The largest absolute Gasteiger partial charge is 0.376 e. The summed E-state index contributed by atoms with van der Waals surface area (Å²) in [4.78, 5) is 23.8. The maximum Gasteiger partial charge on any atom is 0.240 e. The first-order chi connectivity index (χ1) is 10.2. The van der Waals surface area contributed by atoms with E-state index in [1.807, 2.05) is 18.2 Å². The van der Waals surface area contributed by atoms with Crippen LogP contribution in [0.5, 0.6) is 0 Å². The average Bonchev–Trinajstić information content (AvgIpc) is 3.02. The van der Waals surface area contributed by atoms with Gasteiger partial charge in [0.1, 0.15) is 6.54 Å². The number of para-hydroxylation sites is 1. The summed E-state index contributed by atoms with van der Waals surface area (Å²) < 4.78 is 7.27. The minimum absolute atomic E-state index is 0.0263. The fourth-order valence-electron chi connectivity index (χ4n) is 2.64. The number of amides is 1. The number of rotatable bonds is 4. The van der Waals surface area contributed by atoms with Gasteiger partial charge in [0.05, 0.1) is 11.6 Å². The minimum atomic E-state index is -0.0701. The van der Waals surface area contributed by atoms with Crippen LogP contribution in [0.15, 0.2) is 41.3 Å². The second-order valence-electron chi connectivity index (χ2n) is 5.26. The molecule has 1 aromatic carbocycles. The predicted octanol–water partition coefficient (Wildman–Crippen LogP) is 1.30. The van der Waals surface area contributed by atoms with Gasteiger partial charge < -0.3 is 14.6 Å². The molecule has 5 nitrogen and oxygen atoms in total. The van der Waals surface area contributed by atoms with Gasteiger partial charge in [-0.25, -0.2) is 0 Å².